The minimum absolute atomic E-state index is 0.300. The van der Waals surface area contributed by atoms with Crippen molar-refractivity contribution in [2.24, 2.45) is 17.1 Å². The number of nitrogens with zero attached hydrogens (tertiary/aromatic N) is 1. The predicted octanol–water partition coefficient (Wildman–Crippen LogP) is -0.477. The van der Waals surface area contributed by atoms with Gasteiger partial charge in [0.1, 0.15) is 0 Å². The average Bonchev–Trinajstić information content (AvgIpc) is 2.43. The predicted molar refractivity (Wildman–Crippen MR) is 43.3 cm³/mol. The van der Waals surface area contributed by atoms with Crippen LogP contribution in [0.25, 0.3) is 0 Å². The summed E-state index contributed by atoms with van der Waals surface area (Å²) in [5.41, 5.74) is 6.07. The van der Waals surface area contributed by atoms with Crippen LogP contribution in [0.4, 0.5) is 0 Å². The van der Waals surface area contributed by atoms with Crippen molar-refractivity contribution in [3.05, 3.63) is 0 Å². The van der Waals surface area contributed by atoms with Gasteiger partial charge in [-0.3, -0.25) is 0 Å². The molecule has 11 heavy (non-hydrogen) atoms. The van der Waals surface area contributed by atoms with Crippen molar-refractivity contribution < 1.29 is 4.74 Å². The van der Waals surface area contributed by atoms with Crippen LogP contribution in [-0.4, -0.2) is 44.8 Å². The highest BCUT2D eigenvalue weighted by atomic mass is 16.5. The highest BCUT2D eigenvalue weighted by molar-refractivity contribution is 4.99. The van der Waals surface area contributed by atoms with E-state index in [0.717, 1.165) is 32.8 Å². The lowest BCUT2D eigenvalue weighted by Crippen LogP contribution is -2.37. The van der Waals surface area contributed by atoms with Crippen molar-refractivity contribution in [2.75, 3.05) is 39.9 Å². The second-order valence-electron chi connectivity index (χ2n) is 3.98. The maximum Gasteiger partial charge on any atom is 0.0551 e. The number of rotatable bonds is 1. The van der Waals surface area contributed by atoms with Gasteiger partial charge in [0.2, 0.25) is 0 Å². The Morgan fingerprint density at radius 1 is 1.73 bits per heavy atom. The lowest BCUT2D eigenvalue weighted by molar-refractivity contribution is 0.138. The van der Waals surface area contributed by atoms with Crippen molar-refractivity contribution in [1.29, 1.82) is 0 Å². The molecule has 2 aliphatic rings. The zero-order valence-corrected chi connectivity index (χ0v) is 7.05. The second kappa shape index (κ2) is 2.44. The van der Waals surface area contributed by atoms with Crippen molar-refractivity contribution in [1.82, 2.24) is 4.90 Å². The summed E-state index contributed by atoms with van der Waals surface area (Å²) in [5, 5.41) is 0. The monoisotopic (exact) mass is 156 g/mol. The Bertz CT molecular complexity index is 162. The van der Waals surface area contributed by atoms with Crippen molar-refractivity contribution in [2.45, 2.75) is 0 Å². The van der Waals surface area contributed by atoms with E-state index in [1.807, 2.05) is 0 Å². The van der Waals surface area contributed by atoms with E-state index < -0.39 is 0 Å². The van der Waals surface area contributed by atoms with Gasteiger partial charge in [0, 0.05) is 31.0 Å². The number of nitrogens with two attached hydrogens (primary N) is 1. The standard InChI is InChI=1S/C8H16N2O/c1-10-2-7-3-11-6-8(7,4-9)5-10/h7H,2-6,9H2,1H3/t7-,8+/m0/s1. The number of likely N-dealkylation sites (tertiary alicyclic amines) is 1. The van der Waals surface area contributed by atoms with E-state index in [1.54, 1.807) is 0 Å². The molecule has 0 amide bonds. The molecule has 64 valence electrons. The van der Waals surface area contributed by atoms with Crippen LogP contribution in [0.2, 0.25) is 0 Å². The van der Waals surface area contributed by atoms with E-state index in [2.05, 4.69) is 11.9 Å². The van der Waals surface area contributed by atoms with Gasteiger partial charge in [-0.1, -0.05) is 0 Å². The molecule has 0 unspecified atom stereocenters. The van der Waals surface area contributed by atoms with E-state index in [-0.39, 0.29) is 0 Å². The molecule has 0 aromatic carbocycles. The molecule has 2 atom stereocenters. The first-order chi connectivity index (χ1) is 5.27. The third-order valence-electron chi connectivity index (χ3n) is 3.10. The lowest BCUT2D eigenvalue weighted by atomic mass is 9.81. The van der Waals surface area contributed by atoms with Gasteiger partial charge in [0.25, 0.3) is 0 Å². The van der Waals surface area contributed by atoms with Crippen LogP contribution in [0, 0.1) is 11.3 Å². The third-order valence-corrected chi connectivity index (χ3v) is 3.10. The van der Waals surface area contributed by atoms with Crippen molar-refractivity contribution >= 4 is 0 Å². The summed E-state index contributed by atoms with van der Waals surface area (Å²) in [6.07, 6.45) is 0. The SMILES string of the molecule is CN1C[C@H]2COC[C@@]2(CN)C1. The van der Waals surface area contributed by atoms with Crippen LogP contribution in [0.15, 0.2) is 0 Å². The molecule has 2 N–H and O–H groups in total. The number of fused-ring (bicyclic) bond motifs is 1. The maximum atomic E-state index is 5.77. The fourth-order valence-electron chi connectivity index (χ4n) is 2.39. The summed E-state index contributed by atoms with van der Waals surface area (Å²) in [6.45, 7) is 4.85. The Morgan fingerprint density at radius 2 is 2.55 bits per heavy atom. The molecule has 0 saturated carbocycles. The molecule has 0 aliphatic carbocycles. The highest BCUT2D eigenvalue weighted by Crippen LogP contribution is 2.39. The van der Waals surface area contributed by atoms with E-state index in [4.69, 9.17) is 10.5 Å². The van der Waals surface area contributed by atoms with Crippen LogP contribution in [0.3, 0.4) is 0 Å². The van der Waals surface area contributed by atoms with Crippen LogP contribution in [-0.2, 0) is 4.74 Å². The molecule has 0 radical (unpaired) electrons. The van der Waals surface area contributed by atoms with E-state index >= 15 is 0 Å². The molecular formula is C8H16N2O. The first-order valence-electron chi connectivity index (χ1n) is 4.23. The Hall–Kier alpha value is -0.120. The van der Waals surface area contributed by atoms with E-state index in [0.29, 0.717) is 11.3 Å². The summed E-state index contributed by atoms with van der Waals surface area (Å²) < 4.78 is 5.45. The normalized spacial score (nSPS) is 44.7. The molecule has 0 spiro atoms. The molecule has 2 heterocycles. The molecule has 0 bridgehead atoms. The summed E-state index contributed by atoms with van der Waals surface area (Å²) >= 11 is 0. The zero-order valence-electron chi connectivity index (χ0n) is 7.05. The third kappa shape index (κ3) is 0.991. The second-order valence-corrected chi connectivity index (χ2v) is 3.98. The summed E-state index contributed by atoms with van der Waals surface area (Å²) in [7, 11) is 2.16. The van der Waals surface area contributed by atoms with Gasteiger partial charge < -0.3 is 15.4 Å². The maximum absolute atomic E-state index is 5.77. The molecule has 0 aromatic heterocycles. The minimum Gasteiger partial charge on any atom is -0.380 e. The van der Waals surface area contributed by atoms with Crippen LogP contribution < -0.4 is 5.73 Å². The first kappa shape index (κ1) is 7.53. The van der Waals surface area contributed by atoms with E-state index in [9.17, 15) is 0 Å². The average molecular weight is 156 g/mol. The molecule has 2 fully saturated rings. The molecule has 0 aromatic rings. The molecule has 2 aliphatic heterocycles. The van der Waals surface area contributed by atoms with Crippen LogP contribution in [0.5, 0.6) is 0 Å². The Balaban J connectivity index is 2.15. The molecule has 2 saturated heterocycles. The number of hydrogen-bond acceptors (Lipinski definition) is 3. The molecule has 2 rings (SSSR count). The molecular weight excluding hydrogens is 140 g/mol. The van der Waals surface area contributed by atoms with Gasteiger partial charge in [-0.25, -0.2) is 0 Å². The minimum atomic E-state index is 0.300. The van der Waals surface area contributed by atoms with Gasteiger partial charge in [-0.05, 0) is 7.05 Å². The quantitative estimate of drug-likeness (QED) is 0.557. The number of ether oxygens (including phenoxy) is 1. The molecule has 3 heteroatoms. The van der Waals surface area contributed by atoms with E-state index in [1.165, 1.54) is 0 Å². The number of hydrogen-bond donors (Lipinski definition) is 1. The Labute approximate surface area is 67.5 Å². The summed E-state index contributed by atoms with van der Waals surface area (Å²) in [5.74, 6) is 0.692. The zero-order chi connectivity index (χ0) is 7.90. The first-order valence-corrected chi connectivity index (χ1v) is 4.23. The topological polar surface area (TPSA) is 38.5 Å². The molecule has 3 nitrogen and oxygen atoms in total. The van der Waals surface area contributed by atoms with Gasteiger partial charge >= 0.3 is 0 Å². The van der Waals surface area contributed by atoms with Crippen LogP contribution >= 0.6 is 0 Å². The van der Waals surface area contributed by atoms with Crippen molar-refractivity contribution in [3.8, 4) is 0 Å². The smallest absolute Gasteiger partial charge is 0.0551 e. The largest absolute Gasteiger partial charge is 0.380 e. The van der Waals surface area contributed by atoms with Gasteiger partial charge in [-0.15, -0.1) is 0 Å². The van der Waals surface area contributed by atoms with Gasteiger partial charge in [0.15, 0.2) is 0 Å². The van der Waals surface area contributed by atoms with Crippen LogP contribution in [0.1, 0.15) is 0 Å². The lowest BCUT2D eigenvalue weighted by Gasteiger charge is -2.24. The Kier molecular flexibility index (Phi) is 1.67. The fourth-order valence-corrected chi connectivity index (χ4v) is 2.39. The van der Waals surface area contributed by atoms with Crippen molar-refractivity contribution in [3.63, 3.8) is 0 Å². The summed E-state index contributed by atoms with van der Waals surface area (Å²) in [6, 6.07) is 0. The fraction of sp³-hybridized carbons (Fsp3) is 1.00. The Morgan fingerprint density at radius 3 is 3.18 bits per heavy atom. The summed E-state index contributed by atoms with van der Waals surface area (Å²) in [4.78, 5) is 2.36. The highest BCUT2D eigenvalue weighted by Gasteiger charge is 2.48. The van der Waals surface area contributed by atoms with Gasteiger partial charge in [0.05, 0.1) is 13.2 Å². The van der Waals surface area contributed by atoms with Gasteiger partial charge in [-0.2, -0.15) is 0 Å².